The first-order valence-electron chi connectivity index (χ1n) is 6.33. The second kappa shape index (κ2) is 5.64. The van der Waals surface area contributed by atoms with Crippen LogP contribution in [-0.2, 0) is 9.53 Å². The second-order valence-corrected chi connectivity index (χ2v) is 4.89. The van der Waals surface area contributed by atoms with Crippen molar-refractivity contribution < 1.29 is 9.53 Å². The number of carbonyl (C=O) groups is 1. The summed E-state index contributed by atoms with van der Waals surface area (Å²) in [7, 11) is 1.97. The summed E-state index contributed by atoms with van der Waals surface area (Å²) >= 11 is 0. The van der Waals surface area contributed by atoms with Crippen molar-refractivity contribution >= 4 is 5.91 Å². The molecule has 0 aromatic rings. The minimum Gasteiger partial charge on any atom is -0.378 e. The van der Waals surface area contributed by atoms with Crippen molar-refractivity contribution in [2.45, 2.75) is 31.8 Å². The molecule has 2 unspecified atom stereocenters. The Morgan fingerprint density at radius 3 is 3.06 bits per heavy atom. The van der Waals surface area contributed by atoms with E-state index in [1.807, 2.05) is 11.9 Å². The van der Waals surface area contributed by atoms with E-state index < -0.39 is 0 Å². The fraction of sp³-hybridized carbons (Fsp3) is 0.917. The van der Waals surface area contributed by atoms with E-state index in [1.165, 1.54) is 0 Å². The topological polar surface area (TPSA) is 41.6 Å². The van der Waals surface area contributed by atoms with E-state index in [0.29, 0.717) is 12.3 Å². The molecular formula is C12H22N2O2. The van der Waals surface area contributed by atoms with Crippen LogP contribution in [0.25, 0.3) is 0 Å². The standard InChI is InChI=1S/C12H22N2O2/c1-13-8-10-4-5-14(9-10)12(15)7-11-3-2-6-16-11/h10-11,13H,2-9H2,1H3. The Hall–Kier alpha value is -0.610. The third-order valence-electron chi connectivity index (χ3n) is 3.56. The van der Waals surface area contributed by atoms with Gasteiger partial charge in [-0.05, 0) is 38.8 Å². The molecule has 4 heteroatoms. The second-order valence-electron chi connectivity index (χ2n) is 4.89. The van der Waals surface area contributed by atoms with Crippen LogP contribution in [0.5, 0.6) is 0 Å². The van der Waals surface area contributed by atoms with Crippen LogP contribution in [0.15, 0.2) is 0 Å². The molecule has 0 radical (unpaired) electrons. The zero-order chi connectivity index (χ0) is 11.4. The Morgan fingerprint density at radius 1 is 1.50 bits per heavy atom. The lowest BCUT2D eigenvalue weighted by Gasteiger charge is -2.18. The smallest absolute Gasteiger partial charge is 0.225 e. The van der Waals surface area contributed by atoms with Crippen molar-refractivity contribution in [2.24, 2.45) is 5.92 Å². The van der Waals surface area contributed by atoms with E-state index in [1.54, 1.807) is 0 Å². The Balaban J connectivity index is 1.73. The molecule has 0 spiro atoms. The van der Waals surface area contributed by atoms with Crippen molar-refractivity contribution in [1.82, 2.24) is 10.2 Å². The Morgan fingerprint density at radius 2 is 2.38 bits per heavy atom. The van der Waals surface area contributed by atoms with E-state index in [-0.39, 0.29) is 12.0 Å². The minimum absolute atomic E-state index is 0.191. The van der Waals surface area contributed by atoms with Crippen LogP contribution < -0.4 is 5.32 Å². The average Bonchev–Trinajstić information content (AvgIpc) is 2.89. The van der Waals surface area contributed by atoms with Gasteiger partial charge in [-0.3, -0.25) is 4.79 Å². The van der Waals surface area contributed by atoms with Gasteiger partial charge in [-0.25, -0.2) is 0 Å². The monoisotopic (exact) mass is 226 g/mol. The number of hydrogen-bond donors (Lipinski definition) is 1. The quantitative estimate of drug-likeness (QED) is 0.764. The lowest BCUT2D eigenvalue weighted by molar-refractivity contribution is -0.132. The predicted octanol–water partition coefficient (Wildman–Crippen LogP) is 0.623. The van der Waals surface area contributed by atoms with Crippen LogP contribution in [0.3, 0.4) is 0 Å². The molecule has 16 heavy (non-hydrogen) atoms. The first-order chi connectivity index (χ1) is 7.79. The molecule has 0 bridgehead atoms. The van der Waals surface area contributed by atoms with Crippen molar-refractivity contribution in [2.75, 3.05) is 33.3 Å². The highest BCUT2D eigenvalue weighted by atomic mass is 16.5. The number of hydrogen-bond acceptors (Lipinski definition) is 3. The molecule has 4 nitrogen and oxygen atoms in total. The Kier molecular flexibility index (Phi) is 4.18. The van der Waals surface area contributed by atoms with Gasteiger partial charge >= 0.3 is 0 Å². The van der Waals surface area contributed by atoms with Gasteiger partial charge in [0.2, 0.25) is 5.91 Å². The Bertz CT molecular complexity index is 239. The van der Waals surface area contributed by atoms with Gasteiger partial charge in [0.05, 0.1) is 12.5 Å². The number of likely N-dealkylation sites (tertiary alicyclic amines) is 1. The molecule has 2 saturated heterocycles. The highest BCUT2D eigenvalue weighted by Gasteiger charge is 2.28. The number of nitrogens with zero attached hydrogens (tertiary/aromatic N) is 1. The van der Waals surface area contributed by atoms with Crippen molar-refractivity contribution in [1.29, 1.82) is 0 Å². The summed E-state index contributed by atoms with van der Waals surface area (Å²) in [6, 6.07) is 0. The summed E-state index contributed by atoms with van der Waals surface area (Å²) in [5, 5.41) is 3.18. The van der Waals surface area contributed by atoms with Gasteiger partial charge in [-0.15, -0.1) is 0 Å². The maximum Gasteiger partial charge on any atom is 0.225 e. The molecule has 0 aromatic carbocycles. The summed E-state index contributed by atoms with van der Waals surface area (Å²) in [6.07, 6.45) is 4.08. The fourth-order valence-electron chi connectivity index (χ4n) is 2.64. The largest absolute Gasteiger partial charge is 0.378 e. The molecule has 2 aliphatic rings. The van der Waals surface area contributed by atoms with Crippen molar-refractivity contribution in [3.8, 4) is 0 Å². The van der Waals surface area contributed by atoms with Crippen LogP contribution in [0, 0.1) is 5.92 Å². The summed E-state index contributed by atoms with van der Waals surface area (Å²) in [5.74, 6) is 0.920. The molecule has 2 rings (SSSR count). The maximum absolute atomic E-state index is 12.0. The normalized spacial score (nSPS) is 29.9. The lowest BCUT2D eigenvalue weighted by atomic mass is 10.1. The van der Waals surface area contributed by atoms with Crippen molar-refractivity contribution in [3.63, 3.8) is 0 Å². The van der Waals surface area contributed by atoms with E-state index >= 15 is 0 Å². The molecule has 92 valence electrons. The molecule has 0 aliphatic carbocycles. The van der Waals surface area contributed by atoms with E-state index in [4.69, 9.17) is 4.74 Å². The van der Waals surface area contributed by atoms with E-state index in [0.717, 1.165) is 45.5 Å². The molecule has 2 atom stereocenters. The molecule has 2 heterocycles. The number of amides is 1. The number of rotatable bonds is 4. The van der Waals surface area contributed by atoms with Crippen LogP contribution >= 0.6 is 0 Å². The highest BCUT2D eigenvalue weighted by Crippen LogP contribution is 2.20. The number of carbonyl (C=O) groups excluding carboxylic acids is 1. The molecule has 0 aromatic heterocycles. The molecule has 2 fully saturated rings. The third kappa shape index (κ3) is 2.95. The number of nitrogens with one attached hydrogen (secondary N) is 1. The van der Waals surface area contributed by atoms with Gasteiger partial charge in [0.25, 0.3) is 0 Å². The van der Waals surface area contributed by atoms with Crippen LogP contribution in [0.4, 0.5) is 0 Å². The van der Waals surface area contributed by atoms with Gasteiger partial charge in [-0.2, -0.15) is 0 Å². The zero-order valence-corrected chi connectivity index (χ0v) is 10.1. The highest BCUT2D eigenvalue weighted by molar-refractivity contribution is 5.77. The minimum atomic E-state index is 0.191. The molecule has 2 aliphatic heterocycles. The fourth-order valence-corrected chi connectivity index (χ4v) is 2.64. The van der Waals surface area contributed by atoms with Crippen LogP contribution in [0.2, 0.25) is 0 Å². The SMILES string of the molecule is CNCC1CCN(C(=O)CC2CCCO2)C1. The van der Waals surface area contributed by atoms with Gasteiger partial charge in [0, 0.05) is 19.7 Å². The predicted molar refractivity (Wildman–Crippen MR) is 62.2 cm³/mol. The summed E-state index contributed by atoms with van der Waals surface area (Å²) in [5.41, 5.74) is 0. The number of ether oxygens (including phenoxy) is 1. The average molecular weight is 226 g/mol. The third-order valence-corrected chi connectivity index (χ3v) is 3.56. The van der Waals surface area contributed by atoms with Crippen LogP contribution in [-0.4, -0.2) is 50.2 Å². The van der Waals surface area contributed by atoms with Crippen LogP contribution in [0.1, 0.15) is 25.7 Å². The lowest BCUT2D eigenvalue weighted by Crippen LogP contribution is -2.32. The van der Waals surface area contributed by atoms with Gasteiger partial charge < -0.3 is 15.0 Å². The van der Waals surface area contributed by atoms with Crippen molar-refractivity contribution in [3.05, 3.63) is 0 Å². The van der Waals surface area contributed by atoms with Gasteiger partial charge in [-0.1, -0.05) is 0 Å². The molecule has 1 amide bonds. The maximum atomic E-state index is 12.0. The van der Waals surface area contributed by atoms with Gasteiger partial charge in [0.1, 0.15) is 0 Å². The molecule has 1 N–H and O–H groups in total. The van der Waals surface area contributed by atoms with E-state index in [9.17, 15) is 4.79 Å². The van der Waals surface area contributed by atoms with Gasteiger partial charge in [0.15, 0.2) is 0 Å². The summed E-state index contributed by atoms with van der Waals surface area (Å²) in [4.78, 5) is 14.0. The Labute approximate surface area is 97.3 Å². The zero-order valence-electron chi connectivity index (χ0n) is 10.1. The van der Waals surface area contributed by atoms with E-state index in [2.05, 4.69) is 5.32 Å². The summed E-state index contributed by atoms with van der Waals surface area (Å²) < 4.78 is 5.50. The molecular weight excluding hydrogens is 204 g/mol. The summed E-state index contributed by atoms with van der Waals surface area (Å²) in [6.45, 7) is 3.70. The molecule has 0 saturated carbocycles. The first kappa shape index (κ1) is 11.9. The first-order valence-corrected chi connectivity index (χ1v) is 6.33.